The topological polar surface area (TPSA) is 46.5 Å². The van der Waals surface area contributed by atoms with Crippen molar-refractivity contribution in [2.75, 3.05) is 18.5 Å². The highest BCUT2D eigenvalue weighted by Gasteiger charge is 2.01. The molecule has 3 nitrogen and oxygen atoms in total. The highest BCUT2D eigenvalue weighted by molar-refractivity contribution is 9.09. The van der Waals surface area contributed by atoms with Crippen molar-refractivity contribution in [3.8, 4) is 0 Å². The van der Waals surface area contributed by atoms with Gasteiger partial charge < -0.3 is 9.84 Å². The molecule has 4 heteroatoms. The van der Waals surface area contributed by atoms with Crippen LogP contribution in [0.3, 0.4) is 0 Å². The molecule has 0 aromatic heterocycles. The van der Waals surface area contributed by atoms with Crippen molar-refractivity contribution in [1.82, 2.24) is 0 Å². The number of halogens is 1. The molecule has 0 aliphatic carbocycles. The SMILES string of the molecule is O=C(O)c1ccc(CCCCOCCCCBr)cc1. The van der Waals surface area contributed by atoms with E-state index in [4.69, 9.17) is 9.84 Å². The summed E-state index contributed by atoms with van der Waals surface area (Å²) < 4.78 is 5.53. The summed E-state index contributed by atoms with van der Waals surface area (Å²) in [5.41, 5.74) is 1.53. The van der Waals surface area contributed by atoms with Gasteiger partial charge in [0.05, 0.1) is 5.56 Å². The number of hydrogen-bond donors (Lipinski definition) is 1. The average molecular weight is 329 g/mol. The van der Waals surface area contributed by atoms with Crippen molar-refractivity contribution in [2.24, 2.45) is 0 Å². The number of benzene rings is 1. The van der Waals surface area contributed by atoms with E-state index in [-0.39, 0.29) is 0 Å². The molecule has 106 valence electrons. The maximum atomic E-state index is 10.7. The molecule has 0 aliphatic heterocycles. The third-order valence-corrected chi connectivity index (χ3v) is 3.44. The van der Waals surface area contributed by atoms with Crippen LogP contribution in [0.2, 0.25) is 0 Å². The van der Waals surface area contributed by atoms with E-state index in [1.165, 1.54) is 5.56 Å². The summed E-state index contributed by atoms with van der Waals surface area (Å²) in [6.07, 6.45) is 5.38. The molecule has 1 aromatic rings. The van der Waals surface area contributed by atoms with Gasteiger partial charge in [-0.2, -0.15) is 0 Å². The van der Waals surface area contributed by atoms with Crippen LogP contribution in [-0.4, -0.2) is 29.6 Å². The van der Waals surface area contributed by atoms with Crippen LogP contribution in [0.1, 0.15) is 41.6 Å². The molecule has 0 spiro atoms. The Morgan fingerprint density at radius 1 is 1.05 bits per heavy atom. The van der Waals surface area contributed by atoms with E-state index in [0.29, 0.717) is 5.56 Å². The van der Waals surface area contributed by atoms with Crippen LogP contribution in [-0.2, 0) is 11.2 Å². The van der Waals surface area contributed by atoms with Crippen LogP contribution in [0, 0.1) is 0 Å². The zero-order valence-electron chi connectivity index (χ0n) is 11.1. The molecule has 0 unspecified atom stereocenters. The second-order valence-electron chi connectivity index (χ2n) is 4.47. The standard InChI is InChI=1S/C15H21BrO3/c16-10-2-4-12-19-11-3-1-5-13-6-8-14(9-7-13)15(17)18/h6-9H,1-5,10-12H2,(H,17,18). The van der Waals surface area contributed by atoms with Gasteiger partial charge in [-0.05, 0) is 49.8 Å². The van der Waals surface area contributed by atoms with Gasteiger partial charge in [-0.1, -0.05) is 28.1 Å². The van der Waals surface area contributed by atoms with Gasteiger partial charge in [0.2, 0.25) is 0 Å². The third-order valence-electron chi connectivity index (χ3n) is 2.88. The van der Waals surface area contributed by atoms with E-state index in [1.807, 2.05) is 12.1 Å². The first kappa shape index (κ1) is 16.2. The molecule has 0 amide bonds. The number of carboxylic acid groups (broad SMARTS) is 1. The molecular formula is C15H21BrO3. The van der Waals surface area contributed by atoms with E-state index in [9.17, 15) is 4.79 Å². The predicted octanol–water partition coefficient (Wildman–Crippen LogP) is 3.90. The summed E-state index contributed by atoms with van der Waals surface area (Å²) in [5.74, 6) is -0.872. The lowest BCUT2D eigenvalue weighted by Crippen LogP contribution is -1.99. The van der Waals surface area contributed by atoms with Gasteiger partial charge in [-0.15, -0.1) is 0 Å². The van der Waals surface area contributed by atoms with Gasteiger partial charge >= 0.3 is 5.97 Å². The first-order valence-electron chi connectivity index (χ1n) is 6.70. The number of hydrogen-bond acceptors (Lipinski definition) is 2. The molecule has 19 heavy (non-hydrogen) atoms. The summed E-state index contributed by atoms with van der Waals surface area (Å²) in [6, 6.07) is 7.10. The zero-order valence-corrected chi connectivity index (χ0v) is 12.7. The molecule has 0 atom stereocenters. The Bertz CT molecular complexity index is 362. The first-order chi connectivity index (χ1) is 9.24. The lowest BCUT2D eigenvalue weighted by Gasteiger charge is -2.04. The van der Waals surface area contributed by atoms with E-state index >= 15 is 0 Å². The molecule has 0 fully saturated rings. The molecule has 0 aliphatic rings. The maximum Gasteiger partial charge on any atom is 0.335 e. The van der Waals surface area contributed by atoms with Crippen LogP contribution in [0.5, 0.6) is 0 Å². The number of unbranched alkanes of at least 4 members (excludes halogenated alkanes) is 2. The molecule has 0 saturated carbocycles. The number of carbonyl (C=O) groups is 1. The maximum absolute atomic E-state index is 10.7. The van der Waals surface area contributed by atoms with Gasteiger partial charge in [0.15, 0.2) is 0 Å². The number of aryl methyl sites for hydroxylation is 1. The zero-order chi connectivity index (χ0) is 13.9. The average Bonchev–Trinajstić information content (AvgIpc) is 2.42. The highest BCUT2D eigenvalue weighted by Crippen LogP contribution is 2.08. The van der Waals surface area contributed by atoms with E-state index in [1.54, 1.807) is 12.1 Å². The normalized spacial score (nSPS) is 10.6. The summed E-state index contributed by atoms with van der Waals surface area (Å²) >= 11 is 3.39. The van der Waals surface area contributed by atoms with Gasteiger partial charge in [0.25, 0.3) is 0 Å². The number of carboxylic acids is 1. The summed E-state index contributed by atoms with van der Waals surface area (Å²) in [6.45, 7) is 1.66. The van der Waals surface area contributed by atoms with Gasteiger partial charge in [-0.25, -0.2) is 4.79 Å². The largest absolute Gasteiger partial charge is 0.478 e. The molecule has 0 bridgehead atoms. The fourth-order valence-corrected chi connectivity index (χ4v) is 2.14. The van der Waals surface area contributed by atoms with Crippen LogP contribution in [0.25, 0.3) is 0 Å². The number of rotatable bonds is 10. The molecule has 1 aromatic carbocycles. The molecule has 0 saturated heterocycles. The Morgan fingerprint density at radius 2 is 1.68 bits per heavy atom. The third kappa shape index (κ3) is 7.33. The Kier molecular flexibility index (Phi) is 8.50. The minimum absolute atomic E-state index is 0.346. The minimum Gasteiger partial charge on any atom is -0.478 e. The van der Waals surface area contributed by atoms with Crippen LogP contribution < -0.4 is 0 Å². The van der Waals surface area contributed by atoms with Crippen LogP contribution in [0.15, 0.2) is 24.3 Å². The van der Waals surface area contributed by atoms with Crippen molar-refractivity contribution in [1.29, 1.82) is 0 Å². The van der Waals surface area contributed by atoms with Crippen LogP contribution in [0.4, 0.5) is 0 Å². The smallest absolute Gasteiger partial charge is 0.335 e. The highest BCUT2D eigenvalue weighted by atomic mass is 79.9. The number of ether oxygens (including phenoxy) is 1. The van der Waals surface area contributed by atoms with Crippen molar-refractivity contribution in [3.05, 3.63) is 35.4 Å². The minimum atomic E-state index is -0.872. The lowest BCUT2D eigenvalue weighted by molar-refractivity contribution is 0.0697. The number of alkyl halides is 1. The second-order valence-corrected chi connectivity index (χ2v) is 5.26. The Hall–Kier alpha value is -0.870. The molecule has 1 rings (SSSR count). The molecular weight excluding hydrogens is 308 g/mol. The fraction of sp³-hybridized carbons (Fsp3) is 0.533. The van der Waals surface area contributed by atoms with Crippen molar-refractivity contribution in [2.45, 2.75) is 32.1 Å². The fourth-order valence-electron chi connectivity index (χ4n) is 1.75. The molecule has 1 N–H and O–H groups in total. The van der Waals surface area contributed by atoms with Crippen molar-refractivity contribution >= 4 is 21.9 Å². The first-order valence-corrected chi connectivity index (χ1v) is 7.82. The van der Waals surface area contributed by atoms with E-state index < -0.39 is 5.97 Å². The summed E-state index contributed by atoms with van der Waals surface area (Å²) in [7, 11) is 0. The monoisotopic (exact) mass is 328 g/mol. The summed E-state index contributed by atoms with van der Waals surface area (Å²) in [5, 5.41) is 9.84. The predicted molar refractivity (Wildman–Crippen MR) is 80.2 cm³/mol. The van der Waals surface area contributed by atoms with E-state index in [0.717, 1.165) is 50.6 Å². The number of aromatic carboxylic acids is 1. The van der Waals surface area contributed by atoms with Gasteiger partial charge in [0.1, 0.15) is 0 Å². The molecule has 0 radical (unpaired) electrons. The Labute approximate surface area is 123 Å². The lowest BCUT2D eigenvalue weighted by atomic mass is 10.1. The van der Waals surface area contributed by atoms with Crippen molar-refractivity contribution in [3.63, 3.8) is 0 Å². The van der Waals surface area contributed by atoms with Gasteiger partial charge in [0, 0.05) is 18.5 Å². The van der Waals surface area contributed by atoms with E-state index in [2.05, 4.69) is 15.9 Å². The van der Waals surface area contributed by atoms with Crippen molar-refractivity contribution < 1.29 is 14.6 Å². The quantitative estimate of drug-likeness (QED) is 0.523. The Balaban J connectivity index is 2.07. The summed E-state index contributed by atoms with van der Waals surface area (Å²) in [4.78, 5) is 10.7. The molecule has 0 heterocycles. The van der Waals surface area contributed by atoms with Gasteiger partial charge in [-0.3, -0.25) is 0 Å². The second kappa shape index (κ2) is 9.98. The Morgan fingerprint density at radius 3 is 2.26 bits per heavy atom. The van der Waals surface area contributed by atoms with Crippen LogP contribution >= 0.6 is 15.9 Å².